The summed E-state index contributed by atoms with van der Waals surface area (Å²) >= 11 is 1.73. The third-order valence-electron chi connectivity index (χ3n) is 3.00. The van der Waals surface area contributed by atoms with Crippen molar-refractivity contribution in [2.45, 2.75) is 50.3 Å². The number of carboxylic acids is 1. The van der Waals surface area contributed by atoms with E-state index in [9.17, 15) is 4.79 Å². The summed E-state index contributed by atoms with van der Waals surface area (Å²) < 4.78 is 0. The van der Waals surface area contributed by atoms with Gasteiger partial charge >= 0.3 is 5.97 Å². The van der Waals surface area contributed by atoms with Crippen molar-refractivity contribution in [2.24, 2.45) is 11.7 Å². The summed E-state index contributed by atoms with van der Waals surface area (Å²) in [5.74, 6) is 0.392. The Hall–Kier alpha value is -0.220. The number of hydrogen-bond acceptors (Lipinski definition) is 3. The van der Waals surface area contributed by atoms with Crippen molar-refractivity contribution in [2.75, 3.05) is 5.75 Å². The monoisotopic (exact) mass is 231 g/mol. The number of aliphatic carboxylic acids is 1. The molecule has 3 nitrogen and oxygen atoms in total. The number of rotatable bonds is 4. The van der Waals surface area contributed by atoms with Crippen molar-refractivity contribution in [1.29, 1.82) is 0 Å². The minimum Gasteiger partial charge on any atom is -0.480 e. The molecule has 1 fully saturated rings. The second-order valence-electron chi connectivity index (χ2n) is 4.93. The van der Waals surface area contributed by atoms with E-state index in [0.717, 1.165) is 5.92 Å². The predicted octanol–water partition coefficient (Wildman–Crippen LogP) is 2.10. The van der Waals surface area contributed by atoms with Crippen LogP contribution in [0.5, 0.6) is 0 Å². The smallest absolute Gasteiger partial charge is 0.324 e. The zero-order chi connectivity index (χ0) is 11.5. The summed E-state index contributed by atoms with van der Waals surface area (Å²) in [6.07, 6.45) is 5.01. The van der Waals surface area contributed by atoms with Gasteiger partial charge in [0, 0.05) is 11.0 Å². The van der Waals surface area contributed by atoms with Gasteiger partial charge in [-0.15, -0.1) is 0 Å². The third-order valence-corrected chi connectivity index (χ3v) is 4.66. The summed E-state index contributed by atoms with van der Waals surface area (Å²) in [7, 11) is 0. The highest BCUT2D eigenvalue weighted by Gasteiger charge is 2.30. The highest BCUT2D eigenvalue weighted by molar-refractivity contribution is 8.00. The average molecular weight is 231 g/mol. The van der Waals surface area contributed by atoms with Crippen molar-refractivity contribution in [3.8, 4) is 0 Å². The van der Waals surface area contributed by atoms with E-state index in [2.05, 4.69) is 6.92 Å². The zero-order valence-corrected chi connectivity index (χ0v) is 10.3. The Morgan fingerprint density at radius 3 is 2.80 bits per heavy atom. The lowest BCUT2D eigenvalue weighted by Gasteiger charge is -2.28. The van der Waals surface area contributed by atoms with Gasteiger partial charge < -0.3 is 10.8 Å². The second-order valence-corrected chi connectivity index (χ2v) is 6.22. The van der Waals surface area contributed by atoms with Crippen molar-refractivity contribution in [1.82, 2.24) is 0 Å². The van der Waals surface area contributed by atoms with Crippen LogP contribution < -0.4 is 5.73 Å². The van der Waals surface area contributed by atoms with Gasteiger partial charge in [0.05, 0.1) is 0 Å². The number of hydrogen-bond donors (Lipinski definition) is 2. The van der Waals surface area contributed by atoms with Gasteiger partial charge in [0.1, 0.15) is 5.54 Å². The molecule has 0 aromatic heterocycles. The molecule has 0 radical (unpaired) electrons. The normalized spacial score (nSPS) is 30.9. The minimum absolute atomic E-state index is 0.514. The maximum Gasteiger partial charge on any atom is 0.324 e. The summed E-state index contributed by atoms with van der Waals surface area (Å²) in [5, 5.41) is 9.49. The Labute approximate surface area is 95.8 Å². The molecule has 3 unspecified atom stereocenters. The van der Waals surface area contributed by atoms with Crippen LogP contribution in [0, 0.1) is 5.92 Å². The molecule has 0 heterocycles. The van der Waals surface area contributed by atoms with Crippen LogP contribution in [0.3, 0.4) is 0 Å². The molecule has 88 valence electrons. The van der Waals surface area contributed by atoms with Crippen LogP contribution in [0.4, 0.5) is 0 Å². The molecular formula is C11H21NO2S. The van der Waals surface area contributed by atoms with E-state index in [0.29, 0.717) is 11.0 Å². The van der Waals surface area contributed by atoms with E-state index in [1.807, 2.05) is 0 Å². The van der Waals surface area contributed by atoms with E-state index in [1.54, 1.807) is 18.7 Å². The Morgan fingerprint density at radius 2 is 2.27 bits per heavy atom. The van der Waals surface area contributed by atoms with Crippen molar-refractivity contribution in [3.05, 3.63) is 0 Å². The predicted molar refractivity (Wildman–Crippen MR) is 64.1 cm³/mol. The lowest BCUT2D eigenvalue weighted by atomic mass is 9.91. The van der Waals surface area contributed by atoms with E-state index in [1.165, 1.54) is 25.7 Å². The minimum atomic E-state index is -1.08. The molecule has 0 amide bonds. The number of carboxylic acid groups (broad SMARTS) is 1. The molecule has 0 aromatic carbocycles. The first-order valence-corrected chi connectivity index (χ1v) is 6.60. The van der Waals surface area contributed by atoms with Crippen LogP contribution in [-0.2, 0) is 4.79 Å². The van der Waals surface area contributed by atoms with Gasteiger partial charge in [-0.25, -0.2) is 0 Å². The fourth-order valence-corrected chi connectivity index (χ4v) is 3.39. The van der Waals surface area contributed by atoms with Crippen molar-refractivity contribution >= 4 is 17.7 Å². The molecule has 4 heteroatoms. The lowest BCUT2D eigenvalue weighted by Crippen LogP contribution is -2.47. The molecule has 1 rings (SSSR count). The largest absolute Gasteiger partial charge is 0.480 e. The highest BCUT2D eigenvalue weighted by atomic mass is 32.2. The molecule has 1 aliphatic carbocycles. The average Bonchev–Trinajstić information content (AvgIpc) is 2.15. The first-order valence-electron chi connectivity index (χ1n) is 5.55. The molecule has 3 atom stereocenters. The van der Waals surface area contributed by atoms with Crippen LogP contribution in [0.15, 0.2) is 0 Å². The first-order chi connectivity index (χ1) is 6.92. The fraction of sp³-hybridized carbons (Fsp3) is 0.909. The number of nitrogens with two attached hydrogens (primary N) is 1. The summed E-state index contributed by atoms with van der Waals surface area (Å²) in [6.45, 7) is 3.86. The molecule has 0 saturated heterocycles. The molecule has 15 heavy (non-hydrogen) atoms. The van der Waals surface area contributed by atoms with Gasteiger partial charge in [0.2, 0.25) is 0 Å². The van der Waals surface area contributed by atoms with Gasteiger partial charge in [-0.05, 0) is 25.7 Å². The van der Waals surface area contributed by atoms with Gasteiger partial charge in [-0.3, -0.25) is 4.79 Å². The van der Waals surface area contributed by atoms with Gasteiger partial charge in [-0.1, -0.05) is 19.8 Å². The second kappa shape index (κ2) is 5.21. The topological polar surface area (TPSA) is 63.3 Å². The molecule has 0 spiro atoms. The summed E-state index contributed by atoms with van der Waals surface area (Å²) in [5.41, 5.74) is 4.61. The number of carbonyl (C=O) groups is 1. The van der Waals surface area contributed by atoms with Crippen LogP contribution >= 0.6 is 11.8 Å². The van der Waals surface area contributed by atoms with Crippen LogP contribution in [-0.4, -0.2) is 27.6 Å². The van der Waals surface area contributed by atoms with Crippen molar-refractivity contribution < 1.29 is 9.90 Å². The molecule has 3 N–H and O–H groups in total. The van der Waals surface area contributed by atoms with Crippen LogP contribution in [0.25, 0.3) is 0 Å². The Kier molecular flexibility index (Phi) is 4.46. The quantitative estimate of drug-likeness (QED) is 0.777. The molecule has 1 saturated carbocycles. The maximum absolute atomic E-state index is 10.8. The SMILES string of the molecule is CC1CCCC(SCC(C)(N)C(=O)O)C1. The van der Waals surface area contributed by atoms with E-state index >= 15 is 0 Å². The van der Waals surface area contributed by atoms with Gasteiger partial charge in [-0.2, -0.15) is 11.8 Å². The van der Waals surface area contributed by atoms with E-state index in [4.69, 9.17) is 10.8 Å². The van der Waals surface area contributed by atoms with Gasteiger partial charge in [0.15, 0.2) is 0 Å². The molecule has 0 aliphatic heterocycles. The molecule has 1 aliphatic rings. The van der Waals surface area contributed by atoms with Crippen LogP contribution in [0.2, 0.25) is 0 Å². The number of thioether (sulfide) groups is 1. The molecule has 0 bridgehead atoms. The van der Waals surface area contributed by atoms with Gasteiger partial charge in [0.25, 0.3) is 0 Å². The first kappa shape index (κ1) is 12.8. The third kappa shape index (κ3) is 4.03. The lowest BCUT2D eigenvalue weighted by molar-refractivity contribution is -0.141. The standard InChI is InChI=1S/C11H21NO2S/c1-8-4-3-5-9(6-8)15-7-11(2,12)10(13)14/h8-9H,3-7,12H2,1-2H3,(H,13,14). The highest BCUT2D eigenvalue weighted by Crippen LogP contribution is 2.32. The van der Waals surface area contributed by atoms with E-state index < -0.39 is 11.5 Å². The Morgan fingerprint density at radius 1 is 1.60 bits per heavy atom. The zero-order valence-electron chi connectivity index (χ0n) is 9.53. The maximum atomic E-state index is 10.8. The molecular weight excluding hydrogens is 210 g/mol. The van der Waals surface area contributed by atoms with Crippen LogP contribution in [0.1, 0.15) is 39.5 Å². The van der Waals surface area contributed by atoms with E-state index in [-0.39, 0.29) is 0 Å². The Balaban J connectivity index is 2.33. The summed E-state index contributed by atoms with van der Waals surface area (Å²) in [4.78, 5) is 10.8. The molecule has 0 aromatic rings. The van der Waals surface area contributed by atoms with Crippen molar-refractivity contribution in [3.63, 3.8) is 0 Å². The summed E-state index contributed by atoms with van der Waals surface area (Å²) in [6, 6.07) is 0. The Bertz CT molecular complexity index is 231. The fourth-order valence-electron chi connectivity index (χ4n) is 1.88.